The van der Waals surface area contributed by atoms with Gasteiger partial charge >= 0.3 is 0 Å². The number of benzene rings is 1. The molecule has 1 heteroatoms. The van der Waals surface area contributed by atoms with Crippen molar-refractivity contribution in [3.63, 3.8) is 0 Å². The molecule has 2 atom stereocenters. The highest BCUT2D eigenvalue weighted by Crippen LogP contribution is 2.31. The van der Waals surface area contributed by atoms with Crippen molar-refractivity contribution in [1.29, 1.82) is 0 Å². The van der Waals surface area contributed by atoms with Gasteiger partial charge in [-0.1, -0.05) is 57.2 Å². The molecule has 0 aliphatic rings. The lowest BCUT2D eigenvalue weighted by Gasteiger charge is -2.22. The zero-order valence-electron chi connectivity index (χ0n) is 13.3. The van der Waals surface area contributed by atoms with Crippen LogP contribution in [0.4, 0.5) is 0 Å². The maximum absolute atomic E-state index is 10.6. The van der Waals surface area contributed by atoms with Crippen molar-refractivity contribution in [2.75, 3.05) is 0 Å². The van der Waals surface area contributed by atoms with Crippen LogP contribution in [-0.2, 0) is 0 Å². The second-order valence-electron chi connectivity index (χ2n) is 5.98. The number of aliphatic hydroxyl groups excluding tert-OH is 1. The van der Waals surface area contributed by atoms with E-state index in [4.69, 9.17) is 0 Å². The molecule has 1 N–H and O–H groups in total. The van der Waals surface area contributed by atoms with E-state index in [9.17, 15) is 5.11 Å². The number of aryl methyl sites for hydroxylation is 3. The van der Waals surface area contributed by atoms with Gasteiger partial charge in [0.2, 0.25) is 0 Å². The van der Waals surface area contributed by atoms with E-state index in [1.54, 1.807) is 0 Å². The van der Waals surface area contributed by atoms with E-state index >= 15 is 0 Å². The first-order valence-electron chi connectivity index (χ1n) is 7.75. The van der Waals surface area contributed by atoms with E-state index in [-0.39, 0.29) is 6.10 Å². The molecule has 0 bridgehead atoms. The van der Waals surface area contributed by atoms with E-state index in [1.807, 2.05) is 0 Å². The summed E-state index contributed by atoms with van der Waals surface area (Å²) in [6, 6.07) is 4.36. The van der Waals surface area contributed by atoms with Crippen molar-refractivity contribution < 1.29 is 5.11 Å². The van der Waals surface area contributed by atoms with Gasteiger partial charge in [0.1, 0.15) is 0 Å². The lowest BCUT2D eigenvalue weighted by Crippen LogP contribution is -2.10. The first-order chi connectivity index (χ1) is 8.99. The van der Waals surface area contributed by atoms with Gasteiger partial charge in [-0.25, -0.2) is 0 Å². The predicted molar refractivity (Wildman–Crippen MR) is 83.5 cm³/mol. The molecule has 108 valence electrons. The summed E-state index contributed by atoms with van der Waals surface area (Å²) >= 11 is 0. The Morgan fingerprint density at radius 3 is 2.11 bits per heavy atom. The summed E-state index contributed by atoms with van der Waals surface area (Å²) in [7, 11) is 0. The van der Waals surface area contributed by atoms with E-state index < -0.39 is 0 Å². The van der Waals surface area contributed by atoms with Gasteiger partial charge < -0.3 is 5.11 Å². The maximum Gasteiger partial charge on any atom is 0.0797 e. The lowest BCUT2D eigenvalue weighted by molar-refractivity contribution is 0.138. The minimum absolute atomic E-state index is 0.303. The molecular formula is C18H30O. The van der Waals surface area contributed by atoms with Crippen LogP contribution in [0.25, 0.3) is 0 Å². The molecule has 1 nitrogen and oxygen atoms in total. The van der Waals surface area contributed by atoms with Gasteiger partial charge in [-0.05, 0) is 49.8 Å². The molecular weight excluding hydrogens is 232 g/mol. The van der Waals surface area contributed by atoms with Crippen LogP contribution in [-0.4, -0.2) is 5.11 Å². The van der Waals surface area contributed by atoms with Crippen molar-refractivity contribution in [3.8, 4) is 0 Å². The van der Waals surface area contributed by atoms with Gasteiger partial charge in [-0.3, -0.25) is 0 Å². The predicted octanol–water partition coefficient (Wildman–Crippen LogP) is 5.25. The quantitative estimate of drug-likeness (QED) is 0.711. The van der Waals surface area contributed by atoms with E-state index in [1.165, 1.54) is 42.4 Å². The third kappa shape index (κ3) is 4.65. The average molecular weight is 262 g/mol. The van der Waals surface area contributed by atoms with Gasteiger partial charge in [0, 0.05) is 0 Å². The van der Waals surface area contributed by atoms with E-state index in [2.05, 4.69) is 46.8 Å². The Hall–Kier alpha value is -0.820. The number of rotatable bonds is 7. The monoisotopic (exact) mass is 262 g/mol. The zero-order chi connectivity index (χ0) is 14.4. The molecule has 0 fully saturated rings. The highest BCUT2D eigenvalue weighted by molar-refractivity contribution is 5.38. The van der Waals surface area contributed by atoms with Crippen LogP contribution < -0.4 is 0 Å². The van der Waals surface area contributed by atoms with Crippen molar-refractivity contribution in [2.24, 2.45) is 5.92 Å². The Labute approximate surface area is 119 Å². The van der Waals surface area contributed by atoms with Crippen LogP contribution in [0.3, 0.4) is 0 Å². The van der Waals surface area contributed by atoms with Crippen molar-refractivity contribution >= 4 is 0 Å². The highest BCUT2D eigenvalue weighted by Gasteiger charge is 2.18. The van der Waals surface area contributed by atoms with Crippen molar-refractivity contribution in [3.05, 3.63) is 34.4 Å². The topological polar surface area (TPSA) is 20.2 Å². The van der Waals surface area contributed by atoms with Crippen LogP contribution in [0.5, 0.6) is 0 Å². The van der Waals surface area contributed by atoms with E-state index in [0.29, 0.717) is 5.92 Å². The molecule has 1 rings (SSSR count). The summed E-state index contributed by atoms with van der Waals surface area (Å²) in [5.74, 6) is 0.648. The lowest BCUT2D eigenvalue weighted by atomic mass is 9.87. The fraction of sp³-hybridized carbons (Fsp3) is 0.667. The smallest absolute Gasteiger partial charge is 0.0797 e. The van der Waals surface area contributed by atoms with Crippen LogP contribution in [0.2, 0.25) is 0 Å². The fourth-order valence-corrected chi connectivity index (χ4v) is 3.13. The SMILES string of the molecule is CCCCC(CC)CC(O)c1c(C)cc(C)cc1C. The molecule has 0 spiro atoms. The molecule has 1 aromatic carbocycles. The molecule has 0 aliphatic heterocycles. The van der Waals surface area contributed by atoms with Crippen LogP contribution in [0.1, 0.15) is 74.3 Å². The van der Waals surface area contributed by atoms with Gasteiger partial charge in [0.15, 0.2) is 0 Å². The Morgan fingerprint density at radius 1 is 1.05 bits per heavy atom. The van der Waals surface area contributed by atoms with Crippen molar-refractivity contribution in [2.45, 2.75) is 72.8 Å². The largest absolute Gasteiger partial charge is 0.388 e. The number of hydrogen-bond acceptors (Lipinski definition) is 1. The standard InChI is InChI=1S/C18H30O/c1-6-8-9-16(7-2)12-17(19)18-14(4)10-13(3)11-15(18)5/h10-11,16-17,19H,6-9,12H2,1-5H3. The molecule has 2 unspecified atom stereocenters. The van der Waals surface area contributed by atoms with Crippen LogP contribution >= 0.6 is 0 Å². The summed E-state index contributed by atoms with van der Waals surface area (Å²) in [4.78, 5) is 0. The van der Waals surface area contributed by atoms with Crippen molar-refractivity contribution in [1.82, 2.24) is 0 Å². The Bertz CT molecular complexity index is 372. The molecule has 0 saturated carbocycles. The third-order valence-corrected chi connectivity index (χ3v) is 4.17. The first-order valence-corrected chi connectivity index (χ1v) is 7.75. The summed E-state index contributed by atoms with van der Waals surface area (Å²) < 4.78 is 0. The molecule has 1 aromatic rings. The van der Waals surface area contributed by atoms with Gasteiger partial charge in [0.25, 0.3) is 0 Å². The molecule has 0 aromatic heterocycles. The normalized spacial score (nSPS) is 14.4. The number of hydrogen-bond donors (Lipinski definition) is 1. The second kappa shape index (κ2) is 7.69. The summed E-state index contributed by atoms with van der Waals surface area (Å²) in [6.45, 7) is 10.8. The minimum Gasteiger partial charge on any atom is -0.388 e. The second-order valence-corrected chi connectivity index (χ2v) is 5.98. The van der Waals surface area contributed by atoms with Gasteiger partial charge in [-0.15, -0.1) is 0 Å². The van der Waals surface area contributed by atoms with E-state index in [0.717, 1.165) is 12.0 Å². The Kier molecular flexibility index (Phi) is 6.57. The molecule has 0 heterocycles. The summed E-state index contributed by atoms with van der Waals surface area (Å²) in [5, 5.41) is 10.6. The minimum atomic E-state index is -0.303. The average Bonchev–Trinajstić information content (AvgIpc) is 2.33. The Morgan fingerprint density at radius 2 is 1.63 bits per heavy atom. The maximum atomic E-state index is 10.6. The molecule has 0 amide bonds. The molecule has 19 heavy (non-hydrogen) atoms. The number of unbranched alkanes of at least 4 members (excludes halogenated alkanes) is 1. The number of aliphatic hydroxyl groups is 1. The Balaban J connectivity index is 2.79. The van der Waals surface area contributed by atoms with Gasteiger partial charge in [-0.2, -0.15) is 0 Å². The molecule has 0 saturated heterocycles. The van der Waals surface area contributed by atoms with Crippen LogP contribution in [0, 0.1) is 26.7 Å². The summed E-state index contributed by atoms with van der Waals surface area (Å²) in [5.41, 5.74) is 4.90. The first kappa shape index (κ1) is 16.2. The van der Waals surface area contributed by atoms with Crippen LogP contribution in [0.15, 0.2) is 12.1 Å². The fourth-order valence-electron chi connectivity index (χ4n) is 3.13. The highest BCUT2D eigenvalue weighted by atomic mass is 16.3. The third-order valence-electron chi connectivity index (χ3n) is 4.17. The van der Waals surface area contributed by atoms with Gasteiger partial charge in [0.05, 0.1) is 6.10 Å². The molecule has 0 radical (unpaired) electrons. The molecule has 0 aliphatic carbocycles. The summed E-state index contributed by atoms with van der Waals surface area (Å²) in [6.07, 6.45) is 5.53. The zero-order valence-corrected chi connectivity index (χ0v) is 13.3.